The van der Waals surface area contributed by atoms with Gasteiger partial charge in [0.1, 0.15) is 31.6 Å². The van der Waals surface area contributed by atoms with E-state index in [0.717, 1.165) is 27.6 Å². The van der Waals surface area contributed by atoms with Crippen molar-refractivity contribution in [2.45, 2.75) is 51.2 Å². The third-order valence-corrected chi connectivity index (χ3v) is 8.47. The molecule has 3 aromatic rings. The van der Waals surface area contributed by atoms with Gasteiger partial charge in [-0.3, -0.25) is 13.9 Å². The third-order valence-electron chi connectivity index (χ3n) is 6.70. The zero-order chi connectivity index (χ0) is 29.7. The zero-order valence-corrected chi connectivity index (χ0v) is 24.3. The van der Waals surface area contributed by atoms with E-state index in [1.807, 2.05) is 45.0 Å². The van der Waals surface area contributed by atoms with E-state index < -0.39 is 34.3 Å². The van der Waals surface area contributed by atoms with E-state index in [2.05, 4.69) is 5.32 Å². The number of fused-ring (bicyclic) bond motifs is 1. The van der Waals surface area contributed by atoms with Crippen molar-refractivity contribution in [1.29, 1.82) is 0 Å². The second kappa shape index (κ2) is 12.6. The summed E-state index contributed by atoms with van der Waals surface area (Å²) in [6.07, 6.45) is 0. The Bertz CT molecular complexity index is 1510. The number of anilines is 1. The van der Waals surface area contributed by atoms with Crippen molar-refractivity contribution in [2.24, 2.45) is 0 Å². The minimum Gasteiger partial charge on any atom is -0.486 e. The molecule has 0 radical (unpaired) electrons. The summed E-state index contributed by atoms with van der Waals surface area (Å²) in [4.78, 5) is 28.2. The van der Waals surface area contributed by atoms with E-state index in [9.17, 15) is 22.4 Å². The van der Waals surface area contributed by atoms with Gasteiger partial charge in [0, 0.05) is 18.7 Å². The Morgan fingerprint density at radius 3 is 2.27 bits per heavy atom. The summed E-state index contributed by atoms with van der Waals surface area (Å²) in [5.41, 5.74) is 1.82. The van der Waals surface area contributed by atoms with Gasteiger partial charge in [0.05, 0.1) is 10.6 Å². The lowest BCUT2D eigenvalue weighted by Gasteiger charge is -2.32. The number of benzene rings is 3. The van der Waals surface area contributed by atoms with Crippen molar-refractivity contribution in [2.75, 3.05) is 24.1 Å². The van der Waals surface area contributed by atoms with Gasteiger partial charge in [-0.25, -0.2) is 12.8 Å². The van der Waals surface area contributed by atoms with Crippen LogP contribution in [0.3, 0.4) is 0 Å². The van der Waals surface area contributed by atoms with Gasteiger partial charge in [-0.15, -0.1) is 0 Å². The molecular weight excluding hydrogens is 549 g/mol. The maximum absolute atomic E-state index is 14.0. The van der Waals surface area contributed by atoms with Gasteiger partial charge in [-0.05, 0) is 75.2 Å². The van der Waals surface area contributed by atoms with E-state index in [1.165, 1.54) is 35.2 Å². The normalized spacial score (nSPS) is 13.4. The van der Waals surface area contributed by atoms with E-state index in [-0.39, 0.29) is 41.4 Å². The first-order valence-electron chi connectivity index (χ1n) is 13.3. The molecule has 0 saturated heterocycles. The molecular formula is C30H34FN3O6S. The Balaban J connectivity index is 1.73. The van der Waals surface area contributed by atoms with Crippen molar-refractivity contribution in [3.63, 3.8) is 0 Å². The smallest absolute Gasteiger partial charge is 0.264 e. The fourth-order valence-electron chi connectivity index (χ4n) is 4.41. The second-order valence-electron chi connectivity index (χ2n) is 10.1. The van der Waals surface area contributed by atoms with Crippen LogP contribution in [-0.2, 0) is 26.2 Å². The minimum absolute atomic E-state index is 0.0829. The number of aryl methyl sites for hydroxylation is 1. The number of ether oxygens (including phenoxy) is 2. The van der Waals surface area contributed by atoms with Gasteiger partial charge in [0.25, 0.3) is 10.0 Å². The molecule has 0 aromatic heterocycles. The maximum Gasteiger partial charge on any atom is 0.264 e. The number of carbonyl (C=O) groups excluding carboxylic acids is 2. The number of nitrogens with zero attached hydrogens (tertiary/aromatic N) is 2. The lowest BCUT2D eigenvalue weighted by Crippen LogP contribution is -2.52. The molecule has 1 heterocycles. The fourth-order valence-corrected chi connectivity index (χ4v) is 5.84. The van der Waals surface area contributed by atoms with Crippen molar-refractivity contribution in [3.8, 4) is 11.5 Å². The maximum atomic E-state index is 14.0. The van der Waals surface area contributed by atoms with Gasteiger partial charge in [0.2, 0.25) is 11.8 Å². The highest BCUT2D eigenvalue weighted by molar-refractivity contribution is 7.92. The molecule has 1 aliphatic heterocycles. The Morgan fingerprint density at radius 1 is 0.951 bits per heavy atom. The highest BCUT2D eigenvalue weighted by Gasteiger charge is 2.33. The lowest BCUT2D eigenvalue weighted by molar-refractivity contribution is -0.139. The minimum atomic E-state index is -4.35. The predicted molar refractivity (Wildman–Crippen MR) is 153 cm³/mol. The van der Waals surface area contributed by atoms with Crippen LogP contribution in [0.5, 0.6) is 11.5 Å². The summed E-state index contributed by atoms with van der Waals surface area (Å²) in [5, 5.41) is 2.82. The average molecular weight is 584 g/mol. The third kappa shape index (κ3) is 6.97. The van der Waals surface area contributed by atoms with Gasteiger partial charge in [-0.2, -0.15) is 0 Å². The van der Waals surface area contributed by atoms with Crippen LogP contribution in [0.2, 0.25) is 0 Å². The highest BCUT2D eigenvalue weighted by atomic mass is 32.2. The van der Waals surface area contributed by atoms with Crippen LogP contribution in [0.4, 0.5) is 10.1 Å². The molecule has 0 unspecified atom stereocenters. The molecule has 1 atom stereocenters. The molecule has 0 aliphatic carbocycles. The van der Waals surface area contributed by atoms with Crippen LogP contribution in [0.25, 0.3) is 0 Å². The summed E-state index contributed by atoms with van der Waals surface area (Å²) in [6, 6.07) is 15.4. The van der Waals surface area contributed by atoms with Gasteiger partial charge < -0.3 is 19.7 Å². The largest absolute Gasteiger partial charge is 0.486 e. The van der Waals surface area contributed by atoms with E-state index in [0.29, 0.717) is 12.4 Å². The van der Waals surface area contributed by atoms with Crippen LogP contribution in [0, 0.1) is 12.7 Å². The molecule has 9 nitrogen and oxygen atoms in total. The van der Waals surface area contributed by atoms with Gasteiger partial charge in [-0.1, -0.05) is 24.3 Å². The van der Waals surface area contributed by atoms with Gasteiger partial charge in [0.15, 0.2) is 11.5 Å². The lowest BCUT2D eigenvalue weighted by atomic mass is 10.1. The standard InChI is InChI=1S/C30H34FN3O6S/c1-20(2)32-30(36)22(4)33(18-23-8-6-5-7-21(23)3)29(35)19-34(25-11-9-24(31)10-12-25)41(37,38)26-13-14-27-28(17-26)40-16-15-39-27/h5-14,17,20,22H,15-16,18-19H2,1-4H3,(H,32,36)/t22-/m1/s1. The molecule has 0 spiro atoms. The first-order valence-corrected chi connectivity index (χ1v) is 14.7. The highest BCUT2D eigenvalue weighted by Crippen LogP contribution is 2.34. The summed E-state index contributed by atoms with van der Waals surface area (Å²) in [5.74, 6) is -0.858. The molecule has 0 fully saturated rings. The van der Waals surface area contributed by atoms with Crippen molar-refractivity contribution in [3.05, 3.63) is 83.7 Å². The summed E-state index contributed by atoms with van der Waals surface area (Å²) < 4.78 is 53.8. The fraction of sp³-hybridized carbons (Fsp3) is 0.333. The molecule has 0 bridgehead atoms. The molecule has 4 rings (SSSR count). The van der Waals surface area contributed by atoms with E-state index >= 15 is 0 Å². The number of sulfonamides is 1. The van der Waals surface area contributed by atoms with Crippen LogP contribution < -0.4 is 19.1 Å². The second-order valence-corrected chi connectivity index (χ2v) is 11.9. The van der Waals surface area contributed by atoms with Crippen LogP contribution in [0.1, 0.15) is 31.9 Å². The number of hydrogen-bond donors (Lipinski definition) is 1. The zero-order valence-electron chi connectivity index (χ0n) is 23.5. The first-order chi connectivity index (χ1) is 19.5. The number of amides is 2. The Hall–Kier alpha value is -4.12. The number of nitrogens with one attached hydrogen (secondary N) is 1. The van der Waals surface area contributed by atoms with Crippen LogP contribution >= 0.6 is 0 Å². The van der Waals surface area contributed by atoms with Crippen LogP contribution in [-0.4, -0.2) is 57.0 Å². The molecule has 3 aromatic carbocycles. The number of hydrogen-bond acceptors (Lipinski definition) is 6. The number of halogens is 1. The van der Waals surface area contributed by atoms with E-state index in [4.69, 9.17) is 9.47 Å². The number of rotatable bonds is 10. The quantitative estimate of drug-likeness (QED) is 0.386. The Labute approximate surface area is 239 Å². The number of carbonyl (C=O) groups is 2. The Kier molecular flexibility index (Phi) is 9.17. The van der Waals surface area contributed by atoms with Crippen LogP contribution in [0.15, 0.2) is 71.6 Å². The molecule has 2 amide bonds. The molecule has 0 saturated carbocycles. The van der Waals surface area contributed by atoms with Gasteiger partial charge >= 0.3 is 0 Å². The molecule has 218 valence electrons. The predicted octanol–water partition coefficient (Wildman–Crippen LogP) is 4.04. The molecule has 41 heavy (non-hydrogen) atoms. The van der Waals surface area contributed by atoms with Crippen molar-refractivity contribution in [1.82, 2.24) is 10.2 Å². The summed E-state index contributed by atoms with van der Waals surface area (Å²) in [7, 11) is -4.35. The molecule has 1 aliphatic rings. The van der Waals surface area contributed by atoms with Crippen molar-refractivity contribution < 1.29 is 31.9 Å². The summed E-state index contributed by atoms with van der Waals surface area (Å²) in [6.45, 7) is 7.19. The SMILES string of the molecule is Cc1ccccc1CN(C(=O)CN(c1ccc(F)cc1)S(=O)(=O)c1ccc2c(c1)OCCO2)[C@H](C)C(=O)NC(C)C. The topological polar surface area (TPSA) is 105 Å². The summed E-state index contributed by atoms with van der Waals surface area (Å²) >= 11 is 0. The Morgan fingerprint density at radius 2 is 1.61 bits per heavy atom. The monoisotopic (exact) mass is 583 g/mol. The molecule has 1 N–H and O–H groups in total. The van der Waals surface area contributed by atoms with E-state index in [1.54, 1.807) is 6.92 Å². The molecule has 11 heteroatoms. The van der Waals surface area contributed by atoms with Crippen molar-refractivity contribution >= 4 is 27.5 Å². The average Bonchev–Trinajstić information content (AvgIpc) is 2.95. The first kappa shape index (κ1) is 29.9.